The first-order valence-electron chi connectivity index (χ1n) is 9.79. The average Bonchev–Trinajstić information content (AvgIpc) is 3.22. The summed E-state index contributed by atoms with van der Waals surface area (Å²) in [4.78, 5) is 28.4. The fourth-order valence-corrected chi connectivity index (χ4v) is 3.56. The van der Waals surface area contributed by atoms with Crippen LogP contribution in [-0.2, 0) is 11.3 Å². The first-order chi connectivity index (χ1) is 14.6. The van der Waals surface area contributed by atoms with Crippen molar-refractivity contribution >= 4 is 17.5 Å². The van der Waals surface area contributed by atoms with E-state index in [0.717, 1.165) is 36.7 Å². The topological polar surface area (TPSA) is 94.9 Å². The molecule has 2 aliphatic heterocycles. The summed E-state index contributed by atoms with van der Waals surface area (Å²) < 4.78 is 10.8. The third kappa shape index (κ3) is 4.53. The Labute approximate surface area is 174 Å². The zero-order chi connectivity index (χ0) is 20.9. The maximum absolute atomic E-state index is 12.8. The third-order valence-corrected chi connectivity index (χ3v) is 5.16. The second kappa shape index (κ2) is 8.84. The molecule has 154 valence electrons. The molecule has 0 unspecified atom stereocenters. The quantitative estimate of drug-likeness (QED) is 0.818. The van der Waals surface area contributed by atoms with Gasteiger partial charge in [-0.3, -0.25) is 14.5 Å². The number of rotatable bonds is 5. The smallest absolute Gasteiger partial charge is 0.253 e. The van der Waals surface area contributed by atoms with Gasteiger partial charge < -0.3 is 19.7 Å². The van der Waals surface area contributed by atoms with E-state index < -0.39 is 0 Å². The lowest BCUT2D eigenvalue weighted by Crippen LogP contribution is -2.48. The Bertz CT molecular complexity index is 976. The number of nitriles is 1. The van der Waals surface area contributed by atoms with Crippen molar-refractivity contribution in [2.75, 3.05) is 38.3 Å². The molecule has 30 heavy (non-hydrogen) atoms. The molecule has 0 aliphatic carbocycles. The van der Waals surface area contributed by atoms with Gasteiger partial charge in [-0.15, -0.1) is 0 Å². The lowest BCUT2D eigenvalue weighted by Gasteiger charge is -2.34. The average molecular weight is 406 g/mol. The minimum atomic E-state index is -0.366. The van der Waals surface area contributed by atoms with E-state index >= 15 is 0 Å². The molecule has 8 nitrogen and oxygen atoms in total. The summed E-state index contributed by atoms with van der Waals surface area (Å²) in [7, 11) is 0. The highest BCUT2D eigenvalue weighted by atomic mass is 16.7. The number of anilines is 1. The van der Waals surface area contributed by atoms with Gasteiger partial charge in [0, 0.05) is 44.0 Å². The van der Waals surface area contributed by atoms with Gasteiger partial charge in [0.1, 0.15) is 6.42 Å². The minimum Gasteiger partial charge on any atom is -0.454 e. The van der Waals surface area contributed by atoms with Crippen LogP contribution in [-0.4, -0.2) is 54.6 Å². The summed E-state index contributed by atoms with van der Waals surface area (Å²) in [6.07, 6.45) is -0.197. The van der Waals surface area contributed by atoms with Crippen molar-refractivity contribution in [3.63, 3.8) is 0 Å². The van der Waals surface area contributed by atoms with Crippen LogP contribution in [0.1, 0.15) is 22.3 Å². The molecule has 2 aromatic carbocycles. The minimum absolute atomic E-state index is 0.0207. The molecule has 2 amide bonds. The number of ether oxygens (including phenoxy) is 2. The Balaban J connectivity index is 1.29. The number of carbonyl (C=O) groups is 2. The van der Waals surface area contributed by atoms with Crippen molar-refractivity contribution in [1.82, 2.24) is 9.80 Å². The normalized spacial score (nSPS) is 15.5. The number of piperazine rings is 1. The number of carbonyl (C=O) groups excluding carboxylic acids is 2. The summed E-state index contributed by atoms with van der Waals surface area (Å²) in [6.45, 7) is 3.97. The molecule has 8 heteroatoms. The van der Waals surface area contributed by atoms with Crippen LogP contribution in [0, 0.1) is 11.3 Å². The van der Waals surface area contributed by atoms with Gasteiger partial charge in [-0.2, -0.15) is 5.26 Å². The standard InChI is InChI=1S/C22H22N4O4/c23-8-7-21(27)24-18-4-2-17(3-5-18)22(28)26-11-9-25(10-12-26)14-16-1-6-19-20(13-16)30-15-29-19/h1-6,13H,7,9-12,14-15H2,(H,24,27). The van der Waals surface area contributed by atoms with Crippen molar-refractivity contribution < 1.29 is 19.1 Å². The van der Waals surface area contributed by atoms with E-state index in [-0.39, 0.29) is 25.0 Å². The number of amides is 2. The molecule has 2 aromatic rings. The van der Waals surface area contributed by atoms with E-state index in [1.165, 1.54) is 0 Å². The van der Waals surface area contributed by atoms with E-state index in [1.807, 2.05) is 23.1 Å². The Kier molecular flexibility index (Phi) is 5.82. The molecule has 2 heterocycles. The maximum atomic E-state index is 12.8. The van der Waals surface area contributed by atoms with Crippen molar-refractivity contribution in [2.45, 2.75) is 13.0 Å². The van der Waals surface area contributed by atoms with Crippen LogP contribution in [0.3, 0.4) is 0 Å². The van der Waals surface area contributed by atoms with Crippen LogP contribution in [0.25, 0.3) is 0 Å². The van der Waals surface area contributed by atoms with Crippen molar-refractivity contribution in [3.05, 3.63) is 53.6 Å². The van der Waals surface area contributed by atoms with Gasteiger partial charge in [0.05, 0.1) is 6.07 Å². The second-order valence-corrected chi connectivity index (χ2v) is 7.22. The largest absolute Gasteiger partial charge is 0.454 e. The molecule has 0 saturated carbocycles. The number of nitrogens with one attached hydrogen (secondary N) is 1. The molecule has 0 spiro atoms. The zero-order valence-corrected chi connectivity index (χ0v) is 16.5. The fraction of sp³-hybridized carbons (Fsp3) is 0.318. The first-order valence-corrected chi connectivity index (χ1v) is 9.79. The predicted molar refractivity (Wildman–Crippen MR) is 109 cm³/mol. The number of fused-ring (bicyclic) bond motifs is 1. The van der Waals surface area contributed by atoms with Crippen molar-refractivity contribution in [3.8, 4) is 17.6 Å². The second-order valence-electron chi connectivity index (χ2n) is 7.22. The number of nitrogens with zero attached hydrogens (tertiary/aromatic N) is 3. The molecular weight excluding hydrogens is 384 g/mol. The van der Waals surface area contributed by atoms with Gasteiger partial charge in [-0.25, -0.2) is 0 Å². The van der Waals surface area contributed by atoms with Gasteiger partial charge in [0.15, 0.2) is 11.5 Å². The van der Waals surface area contributed by atoms with E-state index in [2.05, 4.69) is 10.2 Å². The molecule has 0 aromatic heterocycles. The van der Waals surface area contributed by atoms with E-state index in [1.54, 1.807) is 30.3 Å². The summed E-state index contributed by atoms with van der Waals surface area (Å²) in [6, 6.07) is 14.5. The maximum Gasteiger partial charge on any atom is 0.253 e. The Hall–Kier alpha value is -3.57. The Morgan fingerprint density at radius 1 is 1.00 bits per heavy atom. The molecule has 1 saturated heterocycles. The SMILES string of the molecule is N#CCC(=O)Nc1ccc(C(=O)N2CCN(Cc3ccc4c(c3)OCO4)CC2)cc1. The van der Waals surface area contributed by atoms with Crippen LogP contribution in [0.15, 0.2) is 42.5 Å². The Morgan fingerprint density at radius 2 is 1.73 bits per heavy atom. The fourth-order valence-electron chi connectivity index (χ4n) is 3.56. The monoisotopic (exact) mass is 406 g/mol. The van der Waals surface area contributed by atoms with E-state index in [9.17, 15) is 9.59 Å². The summed E-state index contributed by atoms with van der Waals surface area (Å²) >= 11 is 0. The summed E-state index contributed by atoms with van der Waals surface area (Å²) in [5.74, 6) is 1.18. The lowest BCUT2D eigenvalue weighted by atomic mass is 10.1. The highest BCUT2D eigenvalue weighted by molar-refractivity contribution is 5.96. The predicted octanol–water partition coefficient (Wildman–Crippen LogP) is 2.23. The number of benzene rings is 2. The summed E-state index contributed by atoms with van der Waals surface area (Å²) in [5.41, 5.74) is 2.31. The van der Waals surface area contributed by atoms with E-state index in [4.69, 9.17) is 14.7 Å². The molecule has 4 rings (SSSR count). The van der Waals surface area contributed by atoms with Gasteiger partial charge in [0.2, 0.25) is 12.7 Å². The van der Waals surface area contributed by atoms with Gasteiger partial charge in [-0.05, 0) is 42.0 Å². The van der Waals surface area contributed by atoms with Crippen LogP contribution in [0.5, 0.6) is 11.5 Å². The molecule has 0 bridgehead atoms. The Morgan fingerprint density at radius 3 is 2.47 bits per heavy atom. The zero-order valence-electron chi connectivity index (χ0n) is 16.5. The summed E-state index contributed by atoms with van der Waals surface area (Å²) in [5, 5.41) is 11.2. The molecule has 2 aliphatic rings. The third-order valence-electron chi connectivity index (χ3n) is 5.16. The first kappa shape index (κ1) is 19.7. The highest BCUT2D eigenvalue weighted by Gasteiger charge is 2.23. The lowest BCUT2D eigenvalue weighted by molar-refractivity contribution is -0.115. The molecular formula is C22H22N4O4. The molecule has 0 radical (unpaired) electrons. The van der Waals surface area contributed by atoms with Gasteiger partial charge >= 0.3 is 0 Å². The van der Waals surface area contributed by atoms with Crippen LogP contribution in [0.4, 0.5) is 5.69 Å². The van der Waals surface area contributed by atoms with Gasteiger partial charge in [-0.1, -0.05) is 6.07 Å². The number of hydrogen-bond donors (Lipinski definition) is 1. The molecule has 1 N–H and O–H groups in total. The van der Waals surface area contributed by atoms with Crippen molar-refractivity contribution in [2.24, 2.45) is 0 Å². The molecule has 0 atom stereocenters. The van der Waals surface area contributed by atoms with Crippen LogP contribution >= 0.6 is 0 Å². The van der Waals surface area contributed by atoms with Crippen LogP contribution in [0.2, 0.25) is 0 Å². The van der Waals surface area contributed by atoms with Crippen LogP contribution < -0.4 is 14.8 Å². The van der Waals surface area contributed by atoms with E-state index in [0.29, 0.717) is 24.3 Å². The van der Waals surface area contributed by atoms with Crippen molar-refractivity contribution in [1.29, 1.82) is 5.26 Å². The molecule has 1 fully saturated rings. The van der Waals surface area contributed by atoms with Gasteiger partial charge in [0.25, 0.3) is 5.91 Å². The number of hydrogen-bond acceptors (Lipinski definition) is 6. The highest BCUT2D eigenvalue weighted by Crippen LogP contribution is 2.32.